The summed E-state index contributed by atoms with van der Waals surface area (Å²) in [5.74, 6) is 0.528. The number of nitrogens with one attached hydrogen (secondary N) is 1. The molecule has 0 aromatic carbocycles. The molecule has 4 aromatic heterocycles. The molecule has 0 aliphatic carbocycles. The van der Waals surface area contributed by atoms with Gasteiger partial charge in [0.15, 0.2) is 26.9 Å². The Balaban J connectivity index is 0.000000244. The van der Waals surface area contributed by atoms with Gasteiger partial charge in [0.2, 0.25) is 0 Å². The van der Waals surface area contributed by atoms with Crippen molar-refractivity contribution in [2.24, 2.45) is 5.92 Å². The van der Waals surface area contributed by atoms with E-state index in [1.165, 1.54) is 23.5 Å². The monoisotopic (exact) mass is 826 g/mol. The van der Waals surface area contributed by atoms with Crippen LogP contribution in [0.4, 0.5) is 0 Å². The van der Waals surface area contributed by atoms with E-state index in [2.05, 4.69) is 112 Å². The molecule has 290 valence electrons. The fourth-order valence-corrected chi connectivity index (χ4v) is 9.28. The molecule has 3 unspecified atom stereocenters. The number of nitrogens with zero attached hydrogens (tertiary/aromatic N) is 5. The Hall–Kier alpha value is -1.17. The van der Waals surface area contributed by atoms with Crippen molar-refractivity contribution >= 4 is 85.4 Å². The van der Waals surface area contributed by atoms with Gasteiger partial charge in [-0.1, -0.05) is 102 Å². The van der Waals surface area contributed by atoms with Gasteiger partial charge in [-0.25, -0.2) is 19.9 Å². The number of aromatic nitrogens is 6. The highest BCUT2D eigenvalue weighted by Gasteiger charge is 2.38. The van der Waals surface area contributed by atoms with Crippen LogP contribution in [0.25, 0.3) is 22.1 Å². The Morgan fingerprint density at radius 2 is 1.37 bits per heavy atom. The standard InChI is InChI=1S/C22H36ClN3O2SSi.C15H24ClN3OSSi/c1-9-16-14(2)12-17(28-16)26-13-15(10-11-27-30(7,8)22(3,4)5)18-19(23)24-21(29-6)25-20(18)26;1-15(2,3)22(5,6)20-8-7-10-9-17-13-11(10)12(16)18-14(19-13)21-4/h13-14,16-17H,9-12H2,1-8H3;9H,7-8H2,1-6H3,(H,17,18,19). The maximum absolute atomic E-state index is 6.64. The van der Waals surface area contributed by atoms with Crippen LogP contribution in [0.5, 0.6) is 0 Å². The minimum absolute atomic E-state index is 0.0109. The molecule has 0 spiro atoms. The van der Waals surface area contributed by atoms with Crippen molar-refractivity contribution < 1.29 is 13.6 Å². The normalized spacial score (nSPS) is 18.7. The van der Waals surface area contributed by atoms with E-state index in [1.807, 2.05) is 18.7 Å². The topological polar surface area (TPSA) is 100.0 Å². The van der Waals surface area contributed by atoms with Crippen LogP contribution in [0.1, 0.15) is 85.6 Å². The van der Waals surface area contributed by atoms with E-state index in [0.29, 0.717) is 39.8 Å². The van der Waals surface area contributed by atoms with E-state index in [0.717, 1.165) is 58.9 Å². The first-order valence-corrected chi connectivity index (χ1v) is 27.3. The number of hydrogen-bond donors (Lipinski definition) is 1. The maximum Gasteiger partial charge on any atom is 0.191 e. The first kappa shape index (κ1) is 43.6. The molecule has 3 atom stereocenters. The summed E-state index contributed by atoms with van der Waals surface area (Å²) in [6.07, 6.45) is 11.9. The number of ether oxygens (including phenoxy) is 1. The zero-order valence-corrected chi connectivity index (χ0v) is 38.8. The molecule has 4 aromatic rings. The maximum atomic E-state index is 6.64. The van der Waals surface area contributed by atoms with E-state index in [1.54, 1.807) is 0 Å². The predicted octanol–water partition coefficient (Wildman–Crippen LogP) is 11.6. The van der Waals surface area contributed by atoms with Crippen LogP contribution in [0.15, 0.2) is 22.7 Å². The van der Waals surface area contributed by atoms with Crippen LogP contribution < -0.4 is 0 Å². The Kier molecular flexibility index (Phi) is 14.5. The third-order valence-electron chi connectivity index (χ3n) is 11.1. The molecule has 0 bridgehead atoms. The third-order valence-corrected chi connectivity index (χ3v) is 21.9. The second-order valence-electron chi connectivity index (χ2n) is 16.8. The lowest BCUT2D eigenvalue weighted by atomic mass is 10.0. The van der Waals surface area contributed by atoms with Gasteiger partial charge in [-0.2, -0.15) is 0 Å². The zero-order chi connectivity index (χ0) is 38.8. The van der Waals surface area contributed by atoms with E-state index in [-0.39, 0.29) is 22.4 Å². The summed E-state index contributed by atoms with van der Waals surface area (Å²) in [6.45, 7) is 28.5. The molecule has 1 saturated heterocycles. The molecule has 1 N–H and O–H groups in total. The first-order chi connectivity index (χ1) is 24.1. The van der Waals surface area contributed by atoms with Crippen LogP contribution in [-0.4, -0.2) is 78.0 Å². The van der Waals surface area contributed by atoms with Crippen LogP contribution in [0.2, 0.25) is 46.6 Å². The zero-order valence-electron chi connectivity index (χ0n) is 33.7. The minimum atomic E-state index is -1.80. The minimum Gasteiger partial charge on any atom is -0.416 e. The summed E-state index contributed by atoms with van der Waals surface area (Å²) < 4.78 is 21.2. The van der Waals surface area contributed by atoms with Gasteiger partial charge in [-0.05, 0) is 91.5 Å². The van der Waals surface area contributed by atoms with Crippen molar-refractivity contribution in [2.45, 2.75) is 140 Å². The molecular weight excluding hydrogens is 768 g/mol. The van der Waals surface area contributed by atoms with Crippen molar-refractivity contribution in [3.8, 4) is 0 Å². The number of hydrogen-bond acceptors (Lipinski definition) is 9. The van der Waals surface area contributed by atoms with Crippen molar-refractivity contribution in [1.29, 1.82) is 0 Å². The molecule has 0 amide bonds. The van der Waals surface area contributed by atoms with Gasteiger partial charge in [0, 0.05) is 25.6 Å². The summed E-state index contributed by atoms with van der Waals surface area (Å²) in [5, 5.41) is 4.67. The van der Waals surface area contributed by atoms with Crippen molar-refractivity contribution in [2.75, 3.05) is 25.7 Å². The Labute approximate surface area is 332 Å². The summed E-state index contributed by atoms with van der Waals surface area (Å²) in [5.41, 5.74) is 3.92. The highest BCUT2D eigenvalue weighted by Crippen LogP contribution is 2.40. The quantitative estimate of drug-likeness (QED) is 0.0647. The number of thioether (sulfide) groups is 2. The molecule has 52 heavy (non-hydrogen) atoms. The van der Waals surface area contributed by atoms with E-state index < -0.39 is 16.6 Å². The highest BCUT2D eigenvalue weighted by atomic mass is 35.5. The summed E-state index contributed by atoms with van der Waals surface area (Å²) >= 11 is 15.9. The van der Waals surface area contributed by atoms with Gasteiger partial charge in [-0.15, -0.1) is 0 Å². The van der Waals surface area contributed by atoms with E-state index in [4.69, 9.17) is 41.8 Å². The van der Waals surface area contributed by atoms with Crippen molar-refractivity contribution in [3.63, 3.8) is 0 Å². The van der Waals surface area contributed by atoms with Crippen molar-refractivity contribution in [1.82, 2.24) is 29.5 Å². The van der Waals surface area contributed by atoms with Gasteiger partial charge >= 0.3 is 0 Å². The van der Waals surface area contributed by atoms with E-state index >= 15 is 0 Å². The van der Waals surface area contributed by atoms with E-state index in [9.17, 15) is 0 Å². The lowest BCUT2D eigenvalue weighted by Gasteiger charge is -2.36. The summed E-state index contributed by atoms with van der Waals surface area (Å²) in [6, 6.07) is 0. The molecular formula is C37H60Cl2N6O3S2Si2. The number of halogens is 2. The number of H-pyrrole nitrogens is 1. The molecule has 5 rings (SSSR count). The Morgan fingerprint density at radius 3 is 1.87 bits per heavy atom. The van der Waals surface area contributed by atoms with Crippen LogP contribution in [0, 0.1) is 5.92 Å². The van der Waals surface area contributed by atoms with Crippen LogP contribution >= 0.6 is 46.7 Å². The molecule has 9 nitrogen and oxygen atoms in total. The lowest BCUT2D eigenvalue weighted by molar-refractivity contribution is -0.00286. The first-order valence-electron chi connectivity index (χ1n) is 18.3. The SMILES string of the molecule is CCC1OC(n2cc(CCO[Si](C)(C)C(C)(C)C)c3c(Cl)nc(SC)nc32)CC1C.CSc1nc(Cl)c2c(CCO[Si](C)(C)C(C)(C)C)c[nH]c2n1. The second-order valence-corrected chi connectivity index (χ2v) is 28.6. The van der Waals surface area contributed by atoms with Crippen molar-refractivity contribution in [3.05, 3.63) is 33.8 Å². The number of rotatable bonds is 12. The predicted molar refractivity (Wildman–Crippen MR) is 227 cm³/mol. The van der Waals surface area contributed by atoms with Gasteiger partial charge in [0.1, 0.15) is 27.8 Å². The molecule has 1 fully saturated rings. The van der Waals surface area contributed by atoms with Crippen LogP contribution in [-0.2, 0) is 26.4 Å². The van der Waals surface area contributed by atoms with Gasteiger partial charge in [0.25, 0.3) is 0 Å². The van der Waals surface area contributed by atoms with Gasteiger partial charge in [0.05, 0.1) is 16.9 Å². The number of aromatic amines is 1. The largest absolute Gasteiger partial charge is 0.416 e. The van der Waals surface area contributed by atoms with Gasteiger partial charge in [-0.3, -0.25) is 0 Å². The molecule has 0 saturated carbocycles. The van der Waals surface area contributed by atoms with Crippen LogP contribution in [0.3, 0.4) is 0 Å². The second kappa shape index (κ2) is 17.3. The highest BCUT2D eigenvalue weighted by molar-refractivity contribution is 7.98. The third kappa shape index (κ3) is 9.98. The molecule has 1 aliphatic heterocycles. The Bertz CT molecular complexity index is 1820. The van der Waals surface area contributed by atoms with Gasteiger partial charge < -0.3 is 23.1 Å². The fourth-order valence-electron chi connectivity index (χ4n) is 5.78. The summed E-state index contributed by atoms with van der Waals surface area (Å²) in [7, 11) is -3.51. The average Bonchev–Trinajstić information content (AvgIpc) is 3.75. The smallest absolute Gasteiger partial charge is 0.191 e. The average molecular weight is 828 g/mol. The molecule has 15 heteroatoms. The molecule has 5 heterocycles. The number of fused-ring (bicyclic) bond motifs is 2. The molecule has 0 radical (unpaired) electrons. The molecule has 1 aliphatic rings. The fraction of sp³-hybridized carbons (Fsp3) is 0.676. The lowest BCUT2D eigenvalue weighted by Crippen LogP contribution is -2.41. The summed E-state index contributed by atoms with van der Waals surface area (Å²) in [4.78, 5) is 21.3. The Morgan fingerprint density at radius 1 is 0.846 bits per heavy atom.